The summed E-state index contributed by atoms with van der Waals surface area (Å²) in [5.41, 5.74) is 5.28. The fourth-order valence-electron chi connectivity index (χ4n) is 6.17. The van der Waals surface area contributed by atoms with Crippen LogP contribution in [0.1, 0.15) is 99.1 Å². The Labute approximate surface area is 308 Å². The number of hydrogen-bond donors (Lipinski definition) is 1. The first-order valence-corrected chi connectivity index (χ1v) is 18.0. The van der Waals surface area contributed by atoms with Crippen LogP contribution in [0.2, 0.25) is 0 Å². The maximum atomic E-state index is 12.2. The zero-order valence-corrected chi connectivity index (χ0v) is 33.7. The molecule has 0 saturated heterocycles. The van der Waals surface area contributed by atoms with Crippen molar-refractivity contribution in [3.63, 3.8) is 0 Å². The quantitative estimate of drug-likeness (QED) is 0.0938. The standard InChI is InChI=1S/C27H21N2OS.C15H28O2.Ir/c1-15-13-31-25-18(15)9-10-21-22(25)23-24(28-14-29-26(23)30-21)17-11-16-7-5-6-8-19(16)20(12-17)27(2,3)4;1-7-14(5,8-2)12(16)11-13(17)15(6,9-3)10-4;/h5-10,12-14H,1-4H3;11,16H,7-10H2,1-6H3;/q-1;;/b;12-11-;. The number of rotatable bonds is 8. The van der Waals surface area contributed by atoms with Gasteiger partial charge in [0.05, 0.1) is 0 Å². The first-order chi connectivity index (χ1) is 22.7. The predicted octanol–water partition coefficient (Wildman–Crippen LogP) is 12.5. The summed E-state index contributed by atoms with van der Waals surface area (Å²) in [6.45, 7) is 21.0. The minimum absolute atomic E-state index is 0. The van der Waals surface area contributed by atoms with Crippen LogP contribution in [-0.4, -0.2) is 20.9 Å². The Balaban J connectivity index is 0.000000260. The van der Waals surface area contributed by atoms with E-state index in [4.69, 9.17) is 9.40 Å². The Morgan fingerprint density at radius 2 is 1.55 bits per heavy atom. The van der Waals surface area contributed by atoms with Crippen molar-refractivity contribution in [3.05, 3.63) is 83.2 Å². The Morgan fingerprint density at radius 1 is 0.898 bits per heavy atom. The van der Waals surface area contributed by atoms with Gasteiger partial charge in [0.25, 0.3) is 0 Å². The minimum Gasteiger partial charge on any atom is -0.512 e. The number of aromatic nitrogens is 2. The smallest absolute Gasteiger partial charge is 0.223 e. The van der Waals surface area contributed by atoms with Crippen molar-refractivity contribution in [1.82, 2.24) is 9.97 Å². The van der Waals surface area contributed by atoms with Gasteiger partial charge in [-0.05, 0) is 66.5 Å². The molecule has 3 aromatic heterocycles. The monoisotopic (exact) mass is 854 g/mol. The molecule has 6 rings (SSSR count). The second-order valence-electron chi connectivity index (χ2n) is 14.6. The van der Waals surface area contributed by atoms with Crippen molar-refractivity contribution >= 4 is 60.0 Å². The molecular formula is C42H49IrN2O3S-. The molecule has 0 atom stereocenters. The van der Waals surface area contributed by atoms with Crippen LogP contribution in [-0.2, 0) is 30.3 Å². The fourth-order valence-corrected chi connectivity index (χ4v) is 7.27. The van der Waals surface area contributed by atoms with E-state index in [1.54, 1.807) is 17.7 Å². The van der Waals surface area contributed by atoms with E-state index in [2.05, 4.69) is 80.5 Å². The van der Waals surface area contributed by atoms with Crippen LogP contribution in [0.4, 0.5) is 0 Å². The maximum absolute atomic E-state index is 12.2. The van der Waals surface area contributed by atoms with Crippen LogP contribution in [0, 0.1) is 23.8 Å². The van der Waals surface area contributed by atoms with Gasteiger partial charge >= 0.3 is 0 Å². The number of benzene rings is 3. The summed E-state index contributed by atoms with van der Waals surface area (Å²) in [5.74, 6) is 0.286. The van der Waals surface area contributed by atoms with E-state index < -0.39 is 0 Å². The Bertz CT molecular complexity index is 2140. The zero-order valence-electron chi connectivity index (χ0n) is 30.5. The molecule has 1 radical (unpaired) electrons. The summed E-state index contributed by atoms with van der Waals surface area (Å²) in [5, 5.41) is 18.0. The molecule has 5 nitrogen and oxygen atoms in total. The molecule has 1 N–H and O–H groups in total. The second-order valence-corrected chi connectivity index (χ2v) is 15.4. The second kappa shape index (κ2) is 14.8. The third-order valence-corrected chi connectivity index (χ3v) is 11.7. The van der Waals surface area contributed by atoms with Crippen molar-refractivity contribution in [3.8, 4) is 11.3 Å². The third-order valence-electron chi connectivity index (χ3n) is 10.6. The number of furan rings is 1. The summed E-state index contributed by atoms with van der Waals surface area (Å²) in [7, 11) is 0. The predicted molar refractivity (Wildman–Crippen MR) is 203 cm³/mol. The molecule has 0 aliphatic heterocycles. The van der Waals surface area contributed by atoms with Crippen LogP contribution in [0.15, 0.2) is 70.4 Å². The first kappa shape index (κ1) is 38.4. The number of carbonyl (C=O) groups is 1. The van der Waals surface area contributed by atoms with Gasteiger partial charge in [0, 0.05) is 58.2 Å². The average molecular weight is 854 g/mol. The summed E-state index contributed by atoms with van der Waals surface area (Å²) in [6, 6.07) is 18.5. The van der Waals surface area contributed by atoms with Crippen molar-refractivity contribution in [2.45, 2.75) is 100 Å². The van der Waals surface area contributed by atoms with E-state index in [0.29, 0.717) is 5.71 Å². The number of nitrogens with zero attached hydrogens (tertiary/aromatic N) is 2. The summed E-state index contributed by atoms with van der Waals surface area (Å²) < 4.78 is 7.38. The number of ketones is 1. The van der Waals surface area contributed by atoms with E-state index in [-0.39, 0.29) is 47.9 Å². The molecule has 3 heterocycles. The van der Waals surface area contributed by atoms with Gasteiger partial charge in [-0.3, -0.25) is 9.78 Å². The van der Waals surface area contributed by atoms with Crippen molar-refractivity contribution in [1.29, 1.82) is 0 Å². The van der Waals surface area contributed by atoms with E-state index in [0.717, 1.165) is 58.7 Å². The third kappa shape index (κ3) is 7.27. The molecule has 0 spiro atoms. The largest absolute Gasteiger partial charge is 0.512 e. The molecule has 0 amide bonds. The van der Waals surface area contributed by atoms with Gasteiger partial charge in [-0.25, -0.2) is 4.98 Å². The van der Waals surface area contributed by atoms with Crippen LogP contribution in [0.5, 0.6) is 0 Å². The number of hydrogen-bond acceptors (Lipinski definition) is 6. The van der Waals surface area contributed by atoms with Crippen molar-refractivity contribution in [2.75, 3.05) is 0 Å². The van der Waals surface area contributed by atoms with Gasteiger partial charge in [0.2, 0.25) is 5.71 Å². The molecular weight excluding hydrogens is 805 g/mol. The average Bonchev–Trinajstić information content (AvgIpc) is 3.66. The fraction of sp³-hybridized carbons (Fsp3) is 0.405. The van der Waals surface area contributed by atoms with Gasteiger partial charge < -0.3 is 9.52 Å². The Kier molecular flexibility index (Phi) is 11.6. The topological polar surface area (TPSA) is 76.2 Å². The summed E-state index contributed by atoms with van der Waals surface area (Å²) in [4.78, 5) is 21.4. The van der Waals surface area contributed by atoms with Crippen LogP contribution < -0.4 is 0 Å². The van der Waals surface area contributed by atoms with Gasteiger partial charge in [0.1, 0.15) is 17.7 Å². The number of aliphatic hydroxyl groups excluding tert-OH is 1. The molecule has 261 valence electrons. The molecule has 0 unspecified atom stereocenters. The number of allylic oxidation sites excluding steroid dienone is 2. The van der Waals surface area contributed by atoms with Gasteiger partial charge in [-0.1, -0.05) is 91.5 Å². The minimum atomic E-state index is -0.337. The Hall–Kier alpha value is -3.38. The number of carbonyl (C=O) groups excluding carboxylic acids is 1. The molecule has 0 saturated carbocycles. The van der Waals surface area contributed by atoms with Crippen LogP contribution >= 0.6 is 11.3 Å². The van der Waals surface area contributed by atoms with Crippen molar-refractivity contribution < 1.29 is 34.4 Å². The molecule has 49 heavy (non-hydrogen) atoms. The molecule has 7 heteroatoms. The zero-order chi connectivity index (χ0) is 35.0. The van der Waals surface area contributed by atoms with Gasteiger partial charge in [0.15, 0.2) is 5.78 Å². The number of aryl methyl sites for hydroxylation is 1. The molecule has 0 aliphatic carbocycles. The maximum Gasteiger partial charge on any atom is 0.223 e. The normalized spacial score (nSPS) is 12.7. The van der Waals surface area contributed by atoms with Gasteiger partial charge in [-0.2, -0.15) is 0 Å². The van der Waals surface area contributed by atoms with E-state index in [1.165, 1.54) is 32.7 Å². The van der Waals surface area contributed by atoms with Crippen molar-refractivity contribution in [2.24, 2.45) is 10.8 Å². The number of fused-ring (bicyclic) bond motifs is 6. The van der Waals surface area contributed by atoms with Crippen LogP contribution in [0.25, 0.3) is 54.2 Å². The first-order valence-electron chi connectivity index (χ1n) is 17.2. The molecule has 0 bridgehead atoms. The number of thiophene rings is 1. The van der Waals surface area contributed by atoms with E-state index in [9.17, 15) is 9.90 Å². The van der Waals surface area contributed by atoms with Crippen LogP contribution in [0.3, 0.4) is 0 Å². The summed E-state index contributed by atoms with van der Waals surface area (Å²) >= 11 is 1.75. The molecule has 0 fully saturated rings. The molecule has 0 aliphatic rings. The Morgan fingerprint density at radius 3 is 2.18 bits per heavy atom. The van der Waals surface area contributed by atoms with E-state index >= 15 is 0 Å². The van der Waals surface area contributed by atoms with E-state index in [1.807, 2.05) is 47.6 Å². The SMILES string of the molecule is CCC(C)(CC)C(=O)/C=C(\O)C(C)(CC)CC.Cc1csc2c1ccc1oc3ncnc(-c4[c-]c5ccccc5c(C(C)(C)C)c4)c3c12.[Ir]. The number of aliphatic hydroxyl groups is 1. The summed E-state index contributed by atoms with van der Waals surface area (Å²) in [6.07, 6.45) is 6.35. The van der Waals surface area contributed by atoms with Gasteiger partial charge in [-0.15, -0.1) is 40.5 Å². The molecule has 3 aromatic carbocycles. The molecule has 6 aromatic rings.